The highest BCUT2D eigenvalue weighted by Gasteiger charge is 2.21. The third kappa shape index (κ3) is 3.98. The van der Waals surface area contributed by atoms with Crippen LogP contribution < -0.4 is 5.32 Å². The van der Waals surface area contributed by atoms with Crippen LogP contribution >= 0.6 is 11.8 Å². The Hall–Kier alpha value is -1.04. The molecule has 1 N–H and O–H groups in total. The summed E-state index contributed by atoms with van der Waals surface area (Å²) in [6, 6.07) is 8.00. The zero-order chi connectivity index (χ0) is 14.4. The van der Waals surface area contributed by atoms with Crippen molar-refractivity contribution < 1.29 is 14.3 Å². The second kappa shape index (κ2) is 7.67. The lowest BCUT2D eigenvalue weighted by atomic mass is 10.2. The average Bonchev–Trinajstić information content (AvgIpc) is 2.67. The molecule has 0 aromatic heterocycles. The van der Waals surface area contributed by atoms with Crippen molar-refractivity contribution in [3.63, 3.8) is 0 Å². The minimum absolute atomic E-state index is 0.0176. The Kier molecular flexibility index (Phi) is 5.88. The molecule has 1 amide bonds. The number of nitrogens with one attached hydrogen (secondary N) is 1. The van der Waals surface area contributed by atoms with E-state index in [-0.39, 0.29) is 17.4 Å². The molecule has 1 aliphatic heterocycles. The van der Waals surface area contributed by atoms with Gasteiger partial charge in [-0.15, -0.1) is 11.8 Å². The minimum atomic E-state index is -0.338. The third-order valence-corrected chi connectivity index (χ3v) is 4.62. The van der Waals surface area contributed by atoms with Gasteiger partial charge in [-0.1, -0.05) is 18.6 Å². The van der Waals surface area contributed by atoms with Gasteiger partial charge in [0.25, 0.3) is 0 Å². The molecule has 1 aromatic rings. The summed E-state index contributed by atoms with van der Waals surface area (Å²) < 4.78 is 10.4. The molecular formula is C15H21NO3S. The van der Waals surface area contributed by atoms with E-state index in [1.807, 2.05) is 24.3 Å². The topological polar surface area (TPSA) is 47.6 Å². The van der Waals surface area contributed by atoms with Crippen LogP contribution in [0.1, 0.15) is 31.1 Å². The first-order valence-electron chi connectivity index (χ1n) is 6.84. The van der Waals surface area contributed by atoms with E-state index < -0.39 is 0 Å². The first kappa shape index (κ1) is 15.4. The first-order valence-corrected chi connectivity index (χ1v) is 7.72. The number of ether oxygens (including phenoxy) is 2. The van der Waals surface area contributed by atoms with Crippen molar-refractivity contribution in [3.05, 3.63) is 29.8 Å². The van der Waals surface area contributed by atoms with E-state index in [0.717, 1.165) is 36.3 Å². The van der Waals surface area contributed by atoms with Crippen LogP contribution in [0.25, 0.3) is 0 Å². The molecule has 5 heteroatoms. The van der Waals surface area contributed by atoms with Gasteiger partial charge in [-0.2, -0.15) is 0 Å². The maximum atomic E-state index is 11.9. The number of amides is 1. The van der Waals surface area contributed by atoms with E-state index in [1.165, 1.54) is 0 Å². The Morgan fingerprint density at radius 1 is 1.20 bits per heavy atom. The van der Waals surface area contributed by atoms with E-state index in [1.54, 1.807) is 26.0 Å². The monoisotopic (exact) mass is 295 g/mol. The van der Waals surface area contributed by atoms with Crippen molar-refractivity contribution >= 4 is 17.7 Å². The van der Waals surface area contributed by atoms with Crippen LogP contribution in [-0.2, 0) is 14.3 Å². The van der Waals surface area contributed by atoms with Gasteiger partial charge in [-0.25, -0.2) is 0 Å². The molecule has 0 saturated carbocycles. The van der Waals surface area contributed by atoms with Crippen LogP contribution in [0.5, 0.6) is 0 Å². The predicted octanol–water partition coefficient (Wildman–Crippen LogP) is 2.74. The summed E-state index contributed by atoms with van der Waals surface area (Å²) in [5.41, 5.74) is 0.977. The lowest BCUT2D eigenvalue weighted by Gasteiger charge is -2.15. The number of rotatable bonds is 5. The second-order valence-electron chi connectivity index (χ2n) is 4.77. The predicted molar refractivity (Wildman–Crippen MR) is 79.7 cm³/mol. The van der Waals surface area contributed by atoms with E-state index in [2.05, 4.69) is 5.32 Å². The van der Waals surface area contributed by atoms with Gasteiger partial charge in [0.05, 0.1) is 5.25 Å². The highest BCUT2D eigenvalue weighted by atomic mass is 32.2. The van der Waals surface area contributed by atoms with Crippen LogP contribution in [0.15, 0.2) is 29.2 Å². The van der Waals surface area contributed by atoms with Gasteiger partial charge < -0.3 is 14.8 Å². The molecule has 2 rings (SSSR count). The maximum absolute atomic E-state index is 11.9. The molecular weight excluding hydrogens is 274 g/mol. The molecule has 4 nitrogen and oxygen atoms in total. The molecule has 0 radical (unpaired) electrons. The van der Waals surface area contributed by atoms with Crippen LogP contribution in [-0.4, -0.2) is 31.9 Å². The molecule has 1 saturated heterocycles. The molecule has 1 unspecified atom stereocenters. The van der Waals surface area contributed by atoms with Gasteiger partial charge in [0.15, 0.2) is 6.29 Å². The first-order chi connectivity index (χ1) is 9.74. The fraction of sp³-hybridized carbons (Fsp3) is 0.533. The Balaban J connectivity index is 2.01. The second-order valence-corrected chi connectivity index (χ2v) is 6.04. The molecule has 1 fully saturated rings. The molecule has 110 valence electrons. The molecule has 0 bridgehead atoms. The maximum Gasteiger partial charge on any atom is 0.233 e. The third-order valence-electron chi connectivity index (χ3n) is 3.34. The molecule has 0 aliphatic carbocycles. The SMILES string of the molecule is COC(OC)c1ccc(SC2CCCCNC2=O)cc1. The molecule has 1 aromatic carbocycles. The molecule has 1 aliphatic rings. The summed E-state index contributed by atoms with van der Waals surface area (Å²) >= 11 is 1.63. The van der Waals surface area contributed by atoms with Crippen molar-refractivity contribution in [1.82, 2.24) is 5.32 Å². The number of benzene rings is 1. The molecule has 0 spiro atoms. The Morgan fingerprint density at radius 2 is 1.90 bits per heavy atom. The normalized spacial score (nSPS) is 19.8. The fourth-order valence-electron chi connectivity index (χ4n) is 2.26. The minimum Gasteiger partial charge on any atom is -0.355 e. The van der Waals surface area contributed by atoms with E-state index >= 15 is 0 Å². The quantitative estimate of drug-likeness (QED) is 0.849. The smallest absolute Gasteiger partial charge is 0.233 e. The summed E-state index contributed by atoms with van der Waals surface area (Å²) in [6.07, 6.45) is 2.78. The molecule has 1 heterocycles. The van der Waals surface area contributed by atoms with Gasteiger partial charge in [0.1, 0.15) is 0 Å². The zero-order valence-electron chi connectivity index (χ0n) is 11.9. The largest absolute Gasteiger partial charge is 0.355 e. The number of hydrogen-bond acceptors (Lipinski definition) is 4. The molecule has 1 atom stereocenters. The Labute approximate surface area is 124 Å². The molecule has 20 heavy (non-hydrogen) atoms. The van der Waals surface area contributed by atoms with Crippen LogP contribution in [0.2, 0.25) is 0 Å². The van der Waals surface area contributed by atoms with E-state index in [0.29, 0.717) is 0 Å². The van der Waals surface area contributed by atoms with Gasteiger partial charge in [0.2, 0.25) is 5.91 Å². The van der Waals surface area contributed by atoms with Crippen LogP contribution in [0.3, 0.4) is 0 Å². The summed E-state index contributed by atoms with van der Waals surface area (Å²) in [4.78, 5) is 13.0. The van der Waals surface area contributed by atoms with Gasteiger partial charge in [0, 0.05) is 31.2 Å². The number of hydrogen-bond donors (Lipinski definition) is 1. The van der Waals surface area contributed by atoms with Crippen molar-refractivity contribution in [3.8, 4) is 0 Å². The van der Waals surface area contributed by atoms with Crippen molar-refractivity contribution in [2.45, 2.75) is 35.7 Å². The summed E-state index contributed by atoms with van der Waals surface area (Å²) in [6.45, 7) is 0.804. The standard InChI is InChI=1S/C15H21NO3S/c1-18-15(19-2)11-6-8-12(9-7-11)20-13-5-3-4-10-16-14(13)17/h6-9,13,15H,3-5,10H2,1-2H3,(H,16,17). The van der Waals surface area contributed by atoms with Crippen molar-refractivity contribution in [2.75, 3.05) is 20.8 Å². The lowest BCUT2D eigenvalue weighted by molar-refractivity contribution is -0.120. The Bertz CT molecular complexity index is 431. The highest BCUT2D eigenvalue weighted by molar-refractivity contribution is 8.00. The number of thioether (sulfide) groups is 1. The average molecular weight is 295 g/mol. The zero-order valence-corrected chi connectivity index (χ0v) is 12.7. The van der Waals surface area contributed by atoms with E-state index in [9.17, 15) is 4.79 Å². The van der Waals surface area contributed by atoms with Crippen molar-refractivity contribution in [1.29, 1.82) is 0 Å². The summed E-state index contributed by atoms with van der Waals surface area (Å²) in [7, 11) is 3.24. The van der Waals surface area contributed by atoms with Gasteiger partial charge >= 0.3 is 0 Å². The highest BCUT2D eigenvalue weighted by Crippen LogP contribution is 2.29. The lowest BCUT2D eigenvalue weighted by Crippen LogP contribution is -2.30. The van der Waals surface area contributed by atoms with E-state index in [4.69, 9.17) is 9.47 Å². The fourth-order valence-corrected chi connectivity index (χ4v) is 3.36. The van der Waals surface area contributed by atoms with Gasteiger partial charge in [-0.3, -0.25) is 4.79 Å². The summed E-state index contributed by atoms with van der Waals surface area (Å²) in [5.74, 6) is 0.156. The van der Waals surface area contributed by atoms with Crippen molar-refractivity contribution in [2.24, 2.45) is 0 Å². The van der Waals surface area contributed by atoms with Gasteiger partial charge in [-0.05, 0) is 25.0 Å². The number of carbonyl (C=O) groups excluding carboxylic acids is 1. The number of carbonyl (C=O) groups is 1. The number of methoxy groups -OCH3 is 2. The Morgan fingerprint density at radius 3 is 2.55 bits per heavy atom. The summed E-state index contributed by atoms with van der Waals surface area (Å²) in [5, 5.41) is 2.98. The van der Waals surface area contributed by atoms with Crippen LogP contribution in [0.4, 0.5) is 0 Å². The van der Waals surface area contributed by atoms with Crippen LogP contribution in [0, 0.1) is 0 Å².